The lowest BCUT2D eigenvalue weighted by Crippen LogP contribution is -2.48. The van der Waals surface area contributed by atoms with Crippen molar-refractivity contribution < 1.29 is 28.6 Å². The summed E-state index contributed by atoms with van der Waals surface area (Å²) in [6.45, 7) is 1.98. The molecule has 0 unspecified atom stereocenters. The minimum atomic E-state index is -0.617. The van der Waals surface area contributed by atoms with Gasteiger partial charge in [0.05, 0.1) is 37.5 Å². The highest BCUT2D eigenvalue weighted by molar-refractivity contribution is 8.01. The van der Waals surface area contributed by atoms with Gasteiger partial charge < -0.3 is 24.4 Å². The van der Waals surface area contributed by atoms with E-state index in [1.807, 2.05) is 6.92 Å². The normalized spacial score (nSPS) is 23.8. The fourth-order valence-electron chi connectivity index (χ4n) is 3.49. The lowest BCUT2D eigenvalue weighted by atomic mass is 10.1. The zero-order valence-electron chi connectivity index (χ0n) is 15.7. The average molecular weight is 394 g/mol. The quantitative estimate of drug-likeness (QED) is 0.762. The molecule has 0 bridgehead atoms. The molecule has 9 heteroatoms. The molecule has 0 aliphatic carbocycles. The number of rotatable bonds is 5. The minimum absolute atomic E-state index is 0.0249. The molecular weight excluding hydrogens is 372 g/mol. The number of esters is 1. The van der Waals surface area contributed by atoms with E-state index in [0.717, 1.165) is 6.42 Å². The van der Waals surface area contributed by atoms with Crippen LogP contribution in [0.5, 0.6) is 11.5 Å². The largest absolute Gasteiger partial charge is 0.493 e. The number of methoxy groups -OCH3 is 3. The van der Waals surface area contributed by atoms with Crippen molar-refractivity contribution >= 4 is 35.2 Å². The van der Waals surface area contributed by atoms with Crippen molar-refractivity contribution in [3.05, 3.63) is 17.7 Å². The summed E-state index contributed by atoms with van der Waals surface area (Å²) in [6.07, 6.45) is 1.17. The van der Waals surface area contributed by atoms with E-state index in [0.29, 0.717) is 23.7 Å². The molecule has 146 valence electrons. The molecule has 2 aliphatic heterocycles. The van der Waals surface area contributed by atoms with Gasteiger partial charge in [0.15, 0.2) is 11.5 Å². The van der Waals surface area contributed by atoms with Gasteiger partial charge in [0, 0.05) is 24.3 Å². The Kier molecular flexibility index (Phi) is 5.23. The third-order valence-electron chi connectivity index (χ3n) is 4.93. The highest BCUT2D eigenvalue weighted by atomic mass is 32.2. The molecule has 1 aromatic rings. The van der Waals surface area contributed by atoms with Gasteiger partial charge in [-0.05, 0) is 13.3 Å². The van der Waals surface area contributed by atoms with Gasteiger partial charge in [-0.1, -0.05) is 0 Å². The summed E-state index contributed by atoms with van der Waals surface area (Å²) in [4.78, 5) is 38.6. The van der Waals surface area contributed by atoms with E-state index in [9.17, 15) is 14.4 Å². The van der Waals surface area contributed by atoms with Crippen LogP contribution < -0.4 is 14.8 Å². The molecule has 8 nitrogen and oxygen atoms in total. The summed E-state index contributed by atoms with van der Waals surface area (Å²) in [6, 6.07) is 2.37. The van der Waals surface area contributed by atoms with Gasteiger partial charge in [0.1, 0.15) is 6.04 Å². The SMILES string of the molecule is COC(=O)c1cc(OC)c(OC)cc1NC(=O)[C@@H]1CS[C@@]2(C)CCC(=O)N12. The van der Waals surface area contributed by atoms with E-state index in [4.69, 9.17) is 14.2 Å². The summed E-state index contributed by atoms with van der Waals surface area (Å²) in [5.74, 6) is 0.226. The van der Waals surface area contributed by atoms with Crippen LogP contribution in [-0.2, 0) is 14.3 Å². The highest BCUT2D eigenvalue weighted by Crippen LogP contribution is 2.47. The Bertz CT molecular complexity index is 798. The van der Waals surface area contributed by atoms with Gasteiger partial charge in [-0.25, -0.2) is 4.79 Å². The van der Waals surface area contributed by atoms with Crippen LogP contribution in [0.4, 0.5) is 5.69 Å². The molecule has 3 rings (SSSR count). The van der Waals surface area contributed by atoms with Gasteiger partial charge in [0.2, 0.25) is 11.8 Å². The Balaban J connectivity index is 1.91. The van der Waals surface area contributed by atoms with Crippen molar-refractivity contribution in [2.75, 3.05) is 32.4 Å². The molecule has 2 heterocycles. The van der Waals surface area contributed by atoms with Crippen molar-refractivity contribution in [3.63, 3.8) is 0 Å². The maximum Gasteiger partial charge on any atom is 0.340 e. The Labute approximate surface area is 161 Å². The van der Waals surface area contributed by atoms with E-state index >= 15 is 0 Å². The Morgan fingerprint density at radius 1 is 1.22 bits per heavy atom. The molecule has 2 fully saturated rings. The van der Waals surface area contributed by atoms with E-state index in [1.54, 1.807) is 16.7 Å². The summed E-state index contributed by atoms with van der Waals surface area (Å²) in [7, 11) is 4.17. The number of hydrogen-bond acceptors (Lipinski definition) is 7. The van der Waals surface area contributed by atoms with Gasteiger partial charge in [-0.2, -0.15) is 0 Å². The van der Waals surface area contributed by atoms with Crippen LogP contribution in [0, 0.1) is 0 Å². The molecule has 0 spiro atoms. The number of fused-ring (bicyclic) bond motifs is 1. The summed E-state index contributed by atoms with van der Waals surface area (Å²) < 4.78 is 15.3. The zero-order valence-corrected chi connectivity index (χ0v) is 16.5. The smallest absolute Gasteiger partial charge is 0.340 e. The fourth-order valence-corrected chi connectivity index (χ4v) is 4.92. The first-order valence-corrected chi connectivity index (χ1v) is 9.44. The van der Waals surface area contributed by atoms with E-state index in [1.165, 1.54) is 33.5 Å². The number of amides is 2. The number of hydrogen-bond donors (Lipinski definition) is 1. The van der Waals surface area contributed by atoms with E-state index < -0.39 is 12.0 Å². The molecule has 0 radical (unpaired) electrons. The van der Waals surface area contributed by atoms with Crippen molar-refractivity contribution in [2.45, 2.75) is 30.7 Å². The number of carbonyl (C=O) groups is 3. The van der Waals surface area contributed by atoms with Crippen LogP contribution in [0.3, 0.4) is 0 Å². The average Bonchev–Trinajstić information content (AvgIpc) is 3.16. The van der Waals surface area contributed by atoms with Crippen LogP contribution >= 0.6 is 11.8 Å². The molecule has 0 aromatic heterocycles. The molecule has 2 atom stereocenters. The molecule has 1 aromatic carbocycles. The minimum Gasteiger partial charge on any atom is -0.493 e. The maximum atomic E-state index is 12.9. The Morgan fingerprint density at radius 2 is 1.89 bits per heavy atom. The third-order valence-corrected chi connectivity index (χ3v) is 6.44. The summed E-state index contributed by atoms with van der Waals surface area (Å²) in [5, 5.41) is 2.76. The molecule has 2 amide bonds. The maximum absolute atomic E-state index is 12.9. The molecule has 2 aliphatic rings. The standard InChI is InChI=1S/C18H22N2O6S/c1-18-6-5-15(21)20(18)12(9-27-18)16(22)19-11-8-14(25-3)13(24-2)7-10(11)17(23)26-4/h7-8,12H,5-6,9H2,1-4H3,(H,19,22)/t12-,18-/m0/s1. The lowest BCUT2D eigenvalue weighted by Gasteiger charge is -2.30. The number of anilines is 1. The van der Waals surface area contributed by atoms with E-state index in [-0.39, 0.29) is 27.9 Å². The Hall–Kier alpha value is -2.42. The number of nitrogens with one attached hydrogen (secondary N) is 1. The number of thioether (sulfide) groups is 1. The number of nitrogens with zero attached hydrogens (tertiary/aromatic N) is 1. The van der Waals surface area contributed by atoms with Crippen LogP contribution in [-0.4, -0.2) is 60.7 Å². The summed E-state index contributed by atoms with van der Waals surface area (Å²) in [5.41, 5.74) is 0.388. The number of carbonyl (C=O) groups excluding carboxylic acids is 3. The van der Waals surface area contributed by atoms with Gasteiger partial charge in [-0.3, -0.25) is 9.59 Å². The summed E-state index contributed by atoms with van der Waals surface area (Å²) >= 11 is 1.60. The van der Waals surface area contributed by atoms with Gasteiger partial charge in [0.25, 0.3) is 0 Å². The monoisotopic (exact) mass is 394 g/mol. The second kappa shape index (κ2) is 7.30. The van der Waals surface area contributed by atoms with Gasteiger partial charge >= 0.3 is 5.97 Å². The fraction of sp³-hybridized carbons (Fsp3) is 0.500. The van der Waals surface area contributed by atoms with Crippen LogP contribution in [0.25, 0.3) is 0 Å². The lowest BCUT2D eigenvalue weighted by molar-refractivity contribution is -0.135. The van der Waals surface area contributed by atoms with E-state index in [2.05, 4.69) is 5.32 Å². The molecule has 27 heavy (non-hydrogen) atoms. The molecular formula is C18H22N2O6S. The van der Waals surface area contributed by atoms with Crippen molar-refractivity contribution in [1.29, 1.82) is 0 Å². The third kappa shape index (κ3) is 3.31. The topological polar surface area (TPSA) is 94.2 Å². The van der Waals surface area contributed by atoms with Crippen molar-refractivity contribution in [1.82, 2.24) is 4.90 Å². The molecule has 1 N–H and O–H groups in total. The second-order valence-corrected chi connectivity index (χ2v) is 8.00. The predicted molar refractivity (Wildman–Crippen MR) is 100 cm³/mol. The predicted octanol–water partition coefficient (Wildman–Crippen LogP) is 1.88. The van der Waals surface area contributed by atoms with Crippen molar-refractivity contribution in [3.8, 4) is 11.5 Å². The van der Waals surface area contributed by atoms with Crippen LogP contribution in [0.1, 0.15) is 30.1 Å². The van der Waals surface area contributed by atoms with Gasteiger partial charge in [-0.15, -0.1) is 11.8 Å². The number of ether oxygens (including phenoxy) is 3. The Morgan fingerprint density at radius 3 is 2.52 bits per heavy atom. The molecule has 0 saturated carbocycles. The first-order chi connectivity index (χ1) is 12.8. The van der Waals surface area contributed by atoms with Crippen molar-refractivity contribution in [2.24, 2.45) is 0 Å². The number of benzene rings is 1. The second-order valence-electron chi connectivity index (χ2n) is 6.50. The first-order valence-electron chi connectivity index (χ1n) is 8.46. The zero-order chi connectivity index (χ0) is 19.8. The molecule has 2 saturated heterocycles. The van der Waals surface area contributed by atoms with Crippen LogP contribution in [0.15, 0.2) is 12.1 Å². The van der Waals surface area contributed by atoms with Crippen LogP contribution in [0.2, 0.25) is 0 Å². The first kappa shape index (κ1) is 19.3. The highest BCUT2D eigenvalue weighted by Gasteiger charge is 2.53.